The number of carbonyl (C=O) groups is 2. The lowest BCUT2D eigenvalue weighted by Crippen LogP contribution is -2.34. The molecule has 2 fully saturated rings. The van der Waals surface area contributed by atoms with Crippen LogP contribution in [0.25, 0.3) is 6.08 Å². The molecule has 5 rings (SSSR count). The van der Waals surface area contributed by atoms with Crippen LogP contribution in [0.5, 0.6) is 5.75 Å². The predicted molar refractivity (Wildman–Crippen MR) is 150 cm³/mol. The largest absolute Gasteiger partial charge is 0.507 e. The molecule has 2 aromatic carbocycles. The number of carbonyl (C=O) groups excluding carboxylic acids is 2. The maximum atomic E-state index is 13.7. The zero-order valence-electron chi connectivity index (χ0n) is 23.2. The molecule has 2 amide bonds. The molecule has 5 nitrogen and oxygen atoms in total. The molecule has 0 aromatic heterocycles. The van der Waals surface area contributed by atoms with Gasteiger partial charge < -0.3 is 9.84 Å². The van der Waals surface area contributed by atoms with E-state index in [9.17, 15) is 41.0 Å². The summed E-state index contributed by atoms with van der Waals surface area (Å²) in [4.78, 5) is 27.7. The van der Waals surface area contributed by atoms with Gasteiger partial charge in [-0.1, -0.05) is 40.1 Å². The number of hydrogen-bond acceptors (Lipinski definition) is 4. The van der Waals surface area contributed by atoms with E-state index in [0.29, 0.717) is 41.9 Å². The van der Waals surface area contributed by atoms with Crippen molar-refractivity contribution in [1.82, 2.24) is 0 Å². The molecule has 2 saturated heterocycles. The maximum Gasteiger partial charge on any atom is 0.416 e. The summed E-state index contributed by atoms with van der Waals surface area (Å²) in [6.45, 7) is 3.93. The predicted octanol–water partition coefficient (Wildman–Crippen LogP) is 8.31. The molecule has 1 aliphatic carbocycles. The third-order valence-corrected chi connectivity index (χ3v) is 8.95. The van der Waals surface area contributed by atoms with Gasteiger partial charge in [0.05, 0.1) is 41.4 Å². The number of halogens is 7. The minimum atomic E-state index is -5.12. The zero-order chi connectivity index (χ0) is 31.4. The van der Waals surface area contributed by atoms with Crippen LogP contribution in [0.1, 0.15) is 56.2 Å². The van der Waals surface area contributed by atoms with Crippen molar-refractivity contribution in [3.8, 4) is 5.75 Å². The van der Waals surface area contributed by atoms with Gasteiger partial charge in [0.1, 0.15) is 5.75 Å². The standard InChI is InChI=1S/C31H28BrF6NO4/c1-3-16-10-22-27(23-14-43-25(26(16)23)7-4-15(2)8-17-9-20(32)5-6-24(17)40)29(42)39(28(22)41)21-12-18(30(33,34)35)11-19(13-21)31(36,37)38/h5-6,8-9,11-13,22-23,25,27,40H,3-4,7,10,14H2,1-2H3/b15-8+/t22-,23+,25-,27-/m1/s1. The number of allylic oxidation sites excluding steroid dienone is 2. The minimum Gasteiger partial charge on any atom is -0.507 e. The number of hydrogen-bond donors (Lipinski definition) is 1. The number of nitrogens with zero attached hydrogens (tertiary/aromatic N) is 1. The lowest BCUT2D eigenvalue weighted by atomic mass is 9.69. The molecule has 2 aliphatic heterocycles. The first-order chi connectivity index (χ1) is 20.1. The molecule has 0 bridgehead atoms. The first-order valence-corrected chi connectivity index (χ1v) is 14.6. The zero-order valence-corrected chi connectivity index (χ0v) is 24.7. The molecule has 12 heteroatoms. The van der Waals surface area contributed by atoms with E-state index in [4.69, 9.17) is 4.74 Å². The number of aromatic hydroxyl groups is 1. The third-order valence-electron chi connectivity index (χ3n) is 8.46. The van der Waals surface area contributed by atoms with Gasteiger partial charge >= 0.3 is 12.4 Å². The summed E-state index contributed by atoms with van der Waals surface area (Å²) in [5, 5.41) is 10.2. The average Bonchev–Trinajstić information content (AvgIpc) is 3.46. The molecule has 1 N–H and O–H groups in total. The molecule has 2 aromatic rings. The van der Waals surface area contributed by atoms with E-state index in [2.05, 4.69) is 15.9 Å². The number of imide groups is 1. The van der Waals surface area contributed by atoms with Gasteiger partial charge in [-0.3, -0.25) is 9.59 Å². The number of amides is 2. The SMILES string of the molecule is CCC1=C2[C@@H](CC/C(C)=C/c3cc(Br)ccc3O)OC[C@@H]2[C@@H]2C(=O)N(c3cc(C(F)(F)F)cc(C(F)(F)F)c3)C(=O)[C@@H]2C1. The number of phenolic OH excluding ortho intramolecular Hbond substituents is 1. The van der Waals surface area contributed by atoms with Crippen molar-refractivity contribution in [1.29, 1.82) is 0 Å². The summed E-state index contributed by atoms with van der Waals surface area (Å²) < 4.78 is 88.0. The fourth-order valence-electron chi connectivity index (χ4n) is 6.47. The fourth-order valence-corrected chi connectivity index (χ4v) is 6.85. The normalized spacial score (nSPS) is 24.6. The van der Waals surface area contributed by atoms with E-state index in [1.807, 2.05) is 19.9 Å². The van der Waals surface area contributed by atoms with E-state index in [-0.39, 0.29) is 30.9 Å². The molecule has 0 spiro atoms. The molecule has 230 valence electrons. The summed E-state index contributed by atoms with van der Waals surface area (Å²) in [5.41, 5.74) is -0.499. The Kier molecular flexibility index (Phi) is 8.32. The molecule has 0 unspecified atom stereocenters. The van der Waals surface area contributed by atoms with Crippen molar-refractivity contribution in [2.45, 2.75) is 58.0 Å². The second-order valence-electron chi connectivity index (χ2n) is 11.2. The van der Waals surface area contributed by atoms with Gasteiger partial charge in [-0.15, -0.1) is 0 Å². The van der Waals surface area contributed by atoms with Gasteiger partial charge in [-0.25, -0.2) is 4.90 Å². The number of benzene rings is 2. The lowest BCUT2D eigenvalue weighted by molar-refractivity contribution is -0.143. The van der Waals surface area contributed by atoms with Crippen LogP contribution in [0.4, 0.5) is 32.0 Å². The van der Waals surface area contributed by atoms with Crippen LogP contribution in [0.2, 0.25) is 0 Å². The Bertz CT molecular complexity index is 1500. The highest BCUT2D eigenvalue weighted by atomic mass is 79.9. The fraction of sp³-hybridized carbons (Fsp3) is 0.419. The van der Waals surface area contributed by atoms with Gasteiger partial charge in [-0.2, -0.15) is 26.3 Å². The van der Waals surface area contributed by atoms with Crippen molar-refractivity contribution >= 4 is 39.5 Å². The Morgan fingerprint density at radius 1 is 1.02 bits per heavy atom. The van der Waals surface area contributed by atoms with Gasteiger partial charge in [0.2, 0.25) is 11.8 Å². The third kappa shape index (κ3) is 6.00. The summed E-state index contributed by atoms with van der Waals surface area (Å²) >= 11 is 3.39. The topological polar surface area (TPSA) is 66.8 Å². The van der Waals surface area contributed by atoms with Crippen molar-refractivity contribution < 1.29 is 45.8 Å². The Morgan fingerprint density at radius 2 is 1.67 bits per heavy atom. The van der Waals surface area contributed by atoms with Crippen LogP contribution >= 0.6 is 15.9 Å². The van der Waals surface area contributed by atoms with E-state index < -0.39 is 58.7 Å². The Balaban J connectivity index is 1.41. The molecule has 4 atom stereocenters. The monoisotopic (exact) mass is 671 g/mol. The summed E-state index contributed by atoms with van der Waals surface area (Å²) in [6, 6.07) is 5.91. The smallest absolute Gasteiger partial charge is 0.416 e. The van der Waals surface area contributed by atoms with Gasteiger partial charge in [0, 0.05) is 16.0 Å². The number of alkyl halides is 6. The summed E-state index contributed by atoms with van der Waals surface area (Å²) in [6.07, 6.45) is -6.85. The first kappa shape index (κ1) is 31.3. The number of rotatable bonds is 6. The lowest BCUT2D eigenvalue weighted by Gasteiger charge is -2.31. The van der Waals surface area contributed by atoms with Crippen molar-refractivity contribution in [3.05, 3.63) is 74.3 Å². The number of anilines is 1. The van der Waals surface area contributed by atoms with Gasteiger partial charge in [-0.05, 0) is 74.6 Å². The van der Waals surface area contributed by atoms with Crippen molar-refractivity contribution in [2.24, 2.45) is 17.8 Å². The quantitative estimate of drug-likeness (QED) is 0.191. The number of fused-ring (bicyclic) bond motifs is 3. The van der Waals surface area contributed by atoms with Crippen LogP contribution in [0, 0.1) is 17.8 Å². The molecule has 3 aliphatic rings. The van der Waals surface area contributed by atoms with Crippen molar-refractivity contribution in [2.75, 3.05) is 11.5 Å². The molecular weight excluding hydrogens is 644 g/mol. The molecule has 0 saturated carbocycles. The van der Waals surface area contributed by atoms with Crippen LogP contribution in [0.3, 0.4) is 0 Å². The van der Waals surface area contributed by atoms with E-state index in [0.717, 1.165) is 21.2 Å². The number of ether oxygens (including phenoxy) is 1. The molecule has 0 radical (unpaired) electrons. The van der Waals surface area contributed by atoms with Crippen LogP contribution in [0.15, 0.2) is 57.6 Å². The highest BCUT2D eigenvalue weighted by Crippen LogP contribution is 2.52. The molecular formula is C31H28BrF6NO4. The van der Waals surface area contributed by atoms with Crippen LogP contribution < -0.4 is 4.90 Å². The summed E-state index contributed by atoms with van der Waals surface area (Å²) in [7, 11) is 0. The van der Waals surface area contributed by atoms with E-state index in [1.165, 1.54) is 0 Å². The Morgan fingerprint density at radius 3 is 2.28 bits per heavy atom. The van der Waals surface area contributed by atoms with Crippen LogP contribution in [-0.4, -0.2) is 29.6 Å². The molecule has 43 heavy (non-hydrogen) atoms. The second-order valence-corrected chi connectivity index (χ2v) is 12.1. The highest BCUT2D eigenvalue weighted by Gasteiger charge is 2.57. The van der Waals surface area contributed by atoms with E-state index in [1.54, 1.807) is 18.2 Å². The first-order valence-electron chi connectivity index (χ1n) is 13.8. The highest BCUT2D eigenvalue weighted by molar-refractivity contribution is 9.10. The Labute approximate surface area is 252 Å². The molecule has 2 heterocycles. The van der Waals surface area contributed by atoms with Gasteiger partial charge in [0.25, 0.3) is 0 Å². The summed E-state index contributed by atoms with van der Waals surface area (Å²) in [5.74, 6) is -3.84. The second kappa shape index (κ2) is 11.4. The minimum absolute atomic E-state index is 0.0275. The van der Waals surface area contributed by atoms with E-state index >= 15 is 0 Å². The average molecular weight is 672 g/mol. The Hall–Kier alpha value is -3.12. The number of phenols is 1. The van der Waals surface area contributed by atoms with Crippen molar-refractivity contribution in [3.63, 3.8) is 0 Å². The van der Waals surface area contributed by atoms with Gasteiger partial charge in [0.15, 0.2) is 0 Å². The maximum absolute atomic E-state index is 13.7. The van der Waals surface area contributed by atoms with Crippen LogP contribution in [-0.2, 0) is 26.7 Å².